The molecule has 0 aliphatic rings. The fraction of sp³-hybridized carbons (Fsp3) is 0.450. The molecule has 0 heterocycles. The predicted molar refractivity (Wildman–Crippen MR) is 99.1 cm³/mol. The number of fused-ring (bicyclic) bond motifs is 1. The molecule has 24 heavy (non-hydrogen) atoms. The van der Waals surface area contributed by atoms with Crippen molar-refractivity contribution in [2.45, 2.75) is 32.4 Å². The Hall–Kier alpha value is -1.91. The Balaban J connectivity index is 1.96. The highest BCUT2D eigenvalue weighted by molar-refractivity contribution is 5.84. The molecule has 0 aromatic heterocycles. The number of hydrogen-bond donors (Lipinski definition) is 1. The molecule has 2 aromatic carbocycles. The topological polar surface area (TPSA) is 41.6 Å². The highest BCUT2D eigenvalue weighted by Crippen LogP contribution is 2.20. The number of amides is 1. The molecule has 0 aliphatic heterocycles. The van der Waals surface area contributed by atoms with Crippen LogP contribution >= 0.6 is 0 Å². The Morgan fingerprint density at radius 3 is 2.58 bits per heavy atom. The van der Waals surface area contributed by atoms with Crippen molar-refractivity contribution < 1.29 is 9.53 Å². The molecule has 4 heteroatoms. The van der Waals surface area contributed by atoms with Crippen LogP contribution in [-0.2, 0) is 9.53 Å². The maximum absolute atomic E-state index is 12.5. The molecule has 1 amide bonds. The first-order valence-electron chi connectivity index (χ1n) is 8.51. The van der Waals surface area contributed by atoms with Crippen LogP contribution in [0.2, 0.25) is 0 Å². The summed E-state index contributed by atoms with van der Waals surface area (Å²) in [7, 11) is 3.67. The first-order valence-corrected chi connectivity index (χ1v) is 8.51. The monoisotopic (exact) mass is 328 g/mol. The molecular formula is C20H28N2O2. The zero-order valence-corrected chi connectivity index (χ0v) is 15.1. The molecule has 0 saturated carbocycles. The Kier molecular flexibility index (Phi) is 6.76. The molecule has 4 nitrogen and oxygen atoms in total. The van der Waals surface area contributed by atoms with Crippen molar-refractivity contribution in [3.8, 4) is 0 Å². The van der Waals surface area contributed by atoms with Crippen molar-refractivity contribution in [1.29, 1.82) is 0 Å². The number of carbonyl (C=O) groups excluding carboxylic acids is 1. The van der Waals surface area contributed by atoms with Crippen LogP contribution in [-0.4, -0.2) is 44.2 Å². The van der Waals surface area contributed by atoms with Gasteiger partial charge in [-0.1, -0.05) is 36.4 Å². The predicted octanol–water partition coefficient (Wildman–Crippen LogP) is 3.37. The van der Waals surface area contributed by atoms with Gasteiger partial charge in [0.05, 0.1) is 12.1 Å². The summed E-state index contributed by atoms with van der Waals surface area (Å²) < 4.78 is 5.06. The van der Waals surface area contributed by atoms with E-state index < -0.39 is 0 Å². The molecule has 2 rings (SSSR count). The van der Waals surface area contributed by atoms with Gasteiger partial charge in [0.25, 0.3) is 0 Å². The summed E-state index contributed by atoms with van der Waals surface area (Å²) in [5, 5.41) is 5.53. The van der Waals surface area contributed by atoms with Crippen molar-refractivity contribution >= 4 is 16.7 Å². The normalized spacial score (nSPS) is 13.9. The lowest BCUT2D eigenvalue weighted by Crippen LogP contribution is -2.44. The number of carbonyl (C=O) groups is 1. The Morgan fingerprint density at radius 2 is 1.88 bits per heavy atom. The lowest BCUT2D eigenvalue weighted by molar-refractivity contribution is -0.126. The summed E-state index contributed by atoms with van der Waals surface area (Å²) in [6.45, 7) is 5.52. The van der Waals surface area contributed by atoms with Gasteiger partial charge in [-0.25, -0.2) is 0 Å². The summed E-state index contributed by atoms with van der Waals surface area (Å²) in [5.41, 5.74) is 1.12. The smallest absolute Gasteiger partial charge is 0.237 e. The van der Waals surface area contributed by atoms with Crippen LogP contribution in [0.25, 0.3) is 10.8 Å². The molecule has 1 N–H and O–H groups in total. The molecule has 130 valence electrons. The van der Waals surface area contributed by atoms with E-state index in [1.165, 1.54) is 10.8 Å². The largest absolute Gasteiger partial charge is 0.385 e. The number of nitrogens with one attached hydrogen (secondary N) is 1. The van der Waals surface area contributed by atoms with E-state index in [4.69, 9.17) is 4.74 Å². The van der Waals surface area contributed by atoms with Crippen molar-refractivity contribution in [3.63, 3.8) is 0 Å². The highest BCUT2D eigenvalue weighted by atomic mass is 16.5. The molecule has 0 bridgehead atoms. The second-order valence-electron chi connectivity index (χ2n) is 6.34. The van der Waals surface area contributed by atoms with E-state index in [1.54, 1.807) is 7.11 Å². The molecule has 2 atom stereocenters. The zero-order valence-electron chi connectivity index (χ0n) is 15.1. The summed E-state index contributed by atoms with van der Waals surface area (Å²) in [4.78, 5) is 14.5. The van der Waals surface area contributed by atoms with Gasteiger partial charge in [0.1, 0.15) is 0 Å². The third-order valence-electron chi connectivity index (χ3n) is 4.53. The fourth-order valence-corrected chi connectivity index (χ4v) is 2.75. The molecular weight excluding hydrogens is 300 g/mol. The summed E-state index contributed by atoms with van der Waals surface area (Å²) >= 11 is 0. The van der Waals surface area contributed by atoms with Gasteiger partial charge in [-0.2, -0.15) is 0 Å². The second-order valence-corrected chi connectivity index (χ2v) is 6.34. The maximum atomic E-state index is 12.5. The second kappa shape index (κ2) is 8.81. The third-order valence-corrected chi connectivity index (χ3v) is 4.53. The number of likely N-dealkylation sites (N-methyl/N-ethyl adjacent to an activating group) is 1. The van der Waals surface area contributed by atoms with Gasteiger partial charge < -0.3 is 10.1 Å². The molecule has 0 spiro atoms. The molecule has 0 saturated heterocycles. The molecule has 0 radical (unpaired) electrons. The number of benzene rings is 2. The zero-order chi connectivity index (χ0) is 17.5. The standard InChI is InChI=1S/C20H28N2O2/c1-15(18-11-10-17-8-5-6-9-19(17)14-18)21-20(23)16(2)22(3)12-7-13-24-4/h5-6,8-11,14-16H,7,12-13H2,1-4H3,(H,21,23). The molecule has 2 aromatic rings. The van der Waals surface area contributed by atoms with E-state index >= 15 is 0 Å². The lowest BCUT2D eigenvalue weighted by atomic mass is 10.0. The molecule has 0 fully saturated rings. The van der Waals surface area contributed by atoms with Crippen molar-refractivity contribution in [2.75, 3.05) is 27.3 Å². The fourth-order valence-electron chi connectivity index (χ4n) is 2.75. The van der Waals surface area contributed by atoms with E-state index in [2.05, 4.69) is 40.5 Å². The van der Waals surface area contributed by atoms with Gasteiger partial charge in [-0.15, -0.1) is 0 Å². The summed E-state index contributed by atoms with van der Waals surface area (Å²) in [5.74, 6) is 0.0515. The summed E-state index contributed by atoms with van der Waals surface area (Å²) in [6, 6.07) is 14.4. The molecule has 0 aliphatic carbocycles. The van der Waals surface area contributed by atoms with E-state index in [1.807, 2.05) is 33.0 Å². The van der Waals surface area contributed by atoms with Gasteiger partial charge >= 0.3 is 0 Å². The quantitative estimate of drug-likeness (QED) is 0.755. The average molecular weight is 328 g/mol. The number of ether oxygens (including phenoxy) is 1. The first kappa shape index (κ1) is 18.4. The number of rotatable bonds is 8. The van der Waals surface area contributed by atoms with Crippen LogP contribution in [0.1, 0.15) is 31.9 Å². The SMILES string of the molecule is COCCCN(C)C(C)C(=O)NC(C)c1ccc2ccccc2c1. The van der Waals surface area contributed by atoms with E-state index in [9.17, 15) is 4.79 Å². The van der Waals surface area contributed by atoms with Crippen LogP contribution in [0.4, 0.5) is 0 Å². The third kappa shape index (κ3) is 4.79. The number of methoxy groups -OCH3 is 1. The van der Waals surface area contributed by atoms with Crippen molar-refractivity contribution in [1.82, 2.24) is 10.2 Å². The average Bonchev–Trinajstić information content (AvgIpc) is 2.60. The highest BCUT2D eigenvalue weighted by Gasteiger charge is 2.19. The number of hydrogen-bond acceptors (Lipinski definition) is 3. The molecule has 2 unspecified atom stereocenters. The van der Waals surface area contributed by atoms with Gasteiger partial charge in [0.2, 0.25) is 5.91 Å². The van der Waals surface area contributed by atoms with Gasteiger partial charge in [0.15, 0.2) is 0 Å². The number of nitrogens with zero attached hydrogens (tertiary/aromatic N) is 1. The summed E-state index contributed by atoms with van der Waals surface area (Å²) in [6.07, 6.45) is 0.921. The minimum Gasteiger partial charge on any atom is -0.385 e. The minimum atomic E-state index is -0.162. The minimum absolute atomic E-state index is 0.0167. The van der Waals surface area contributed by atoms with Crippen LogP contribution in [0.5, 0.6) is 0 Å². The van der Waals surface area contributed by atoms with Crippen molar-refractivity contribution in [2.24, 2.45) is 0 Å². The Labute approximate surface area is 144 Å². The van der Waals surface area contributed by atoms with Crippen LogP contribution < -0.4 is 5.32 Å². The Morgan fingerprint density at radius 1 is 1.17 bits per heavy atom. The van der Waals surface area contributed by atoms with E-state index in [0.29, 0.717) is 6.61 Å². The maximum Gasteiger partial charge on any atom is 0.237 e. The first-order chi connectivity index (χ1) is 11.5. The van der Waals surface area contributed by atoms with Crippen molar-refractivity contribution in [3.05, 3.63) is 48.0 Å². The lowest BCUT2D eigenvalue weighted by Gasteiger charge is -2.25. The van der Waals surface area contributed by atoms with Crippen LogP contribution in [0.15, 0.2) is 42.5 Å². The van der Waals surface area contributed by atoms with Gasteiger partial charge in [-0.3, -0.25) is 9.69 Å². The Bertz CT molecular complexity index is 671. The van der Waals surface area contributed by atoms with E-state index in [-0.39, 0.29) is 18.0 Å². The van der Waals surface area contributed by atoms with Gasteiger partial charge in [0, 0.05) is 20.3 Å². The van der Waals surface area contributed by atoms with Crippen LogP contribution in [0, 0.1) is 0 Å². The van der Waals surface area contributed by atoms with E-state index in [0.717, 1.165) is 18.5 Å². The van der Waals surface area contributed by atoms with Gasteiger partial charge in [-0.05, 0) is 49.7 Å². The van der Waals surface area contributed by atoms with Crippen LogP contribution in [0.3, 0.4) is 0 Å².